The van der Waals surface area contributed by atoms with Crippen LogP contribution in [0.15, 0.2) is 11.6 Å². The number of hydrogen-bond donors (Lipinski definition) is 3. The molecule has 1 saturated carbocycles. The summed E-state index contributed by atoms with van der Waals surface area (Å²) in [5.74, 6) is -1.52. The summed E-state index contributed by atoms with van der Waals surface area (Å²) in [6.07, 6.45) is 1.90. The van der Waals surface area contributed by atoms with E-state index in [9.17, 15) is 24.9 Å². The van der Waals surface area contributed by atoms with E-state index in [1.807, 2.05) is 6.92 Å². The van der Waals surface area contributed by atoms with Gasteiger partial charge in [0.05, 0.1) is 11.0 Å². The minimum Gasteiger partial charge on any atom is -0.457 e. The van der Waals surface area contributed by atoms with Crippen molar-refractivity contribution in [2.24, 2.45) is 11.3 Å². The molecule has 0 amide bonds. The van der Waals surface area contributed by atoms with Crippen molar-refractivity contribution in [3.8, 4) is 0 Å². The van der Waals surface area contributed by atoms with Gasteiger partial charge in [-0.25, -0.2) is 4.79 Å². The highest BCUT2D eigenvalue weighted by atomic mass is 35.5. The lowest BCUT2D eigenvalue weighted by Gasteiger charge is -2.54. The van der Waals surface area contributed by atoms with Crippen LogP contribution in [0.4, 0.5) is 0 Å². The molecule has 27 heavy (non-hydrogen) atoms. The molecule has 0 aromatic heterocycles. The van der Waals surface area contributed by atoms with Crippen LogP contribution in [-0.2, 0) is 14.3 Å². The summed E-state index contributed by atoms with van der Waals surface area (Å²) in [7, 11) is 0. The van der Waals surface area contributed by atoms with E-state index in [0.29, 0.717) is 12.8 Å². The first-order valence-electron chi connectivity index (χ1n) is 9.31. The van der Waals surface area contributed by atoms with Crippen molar-refractivity contribution >= 4 is 23.4 Å². The smallest absolute Gasteiger partial charge is 0.339 e. The van der Waals surface area contributed by atoms with Crippen LogP contribution in [0.1, 0.15) is 60.8 Å². The molecular weight excluding hydrogens is 372 g/mol. The molecule has 154 valence electrons. The number of carbonyl (C=O) groups is 2. The zero-order valence-electron chi connectivity index (χ0n) is 16.9. The molecule has 2 rings (SSSR count). The Morgan fingerprint density at radius 3 is 2.37 bits per heavy atom. The Kier molecular flexibility index (Phi) is 5.65. The molecule has 0 spiro atoms. The van der Waals surface area contributed by atoms with Crippen molar-refractivity contribution in [3.63, 3.8) is 0 Å². The number of aliphatic hydroxyl groups is 3. The number of alkyl halides is 1. The molecule has 6 nitrogen and oxygen atoms in total. The van der Waals surface area contributed by atoms with Gasteiger partial charge in [0.25, 0.3) is 0 Å². The summed E-state index contributed by atoms with van der Waals surface area (Å²) in [6, 6.07) is 0. The van der Waals surface area contributed by atoms with Gasteiger partial charge in [-0.15, -0.1) is 11.6 Å². The van der Waals surface area contributed by atoms with Gasteiger partial charge < -0.3 is 20.1 Å². The number of esters is 1. The first-order valence-corrected chi connectivity index (χ1v) is 9.75. The molecule has 0 heterocycles. The van der Waals surface area contributed by atoms with Crippen LogP contribution in [-0.4, -0.2) is 55.4 Å². The van der Waals surface area contributed by atoms with Gasteiger partial charge in [-0.1, -0.05) is 13.0 Å². The number of halogens is 1. The summed E-state index contributed by atoms with van der Waals surface area (Å²) in [6.45, 7) is 9.34. The molecule has 0 radical (unpaired) electrons. The molecule has 6 atom stereocenters. The van der Waals surface area contributed by atoms with Gasteiger partial charge in [0.2, 0.25) is 0 Å². The molecule has 2 unspecified atom stereocenters. The monoisotopic (exact) mass is 402 g/mol. The summed E-state index contributed by atoms with van der Waals surface area (Å²) in [4.78, 5) is 24.9. The van der Waals surface area contributed by atoms with E-state index in [1.54, 1.807) is 13.0 Å². The van der Waals surface area contributed by atoms with E-state index in [2.05, 4.69) is 0 Å². The number of Topliss-reactive ketones (excluding diaryl/α,β-unsaturated/α-hetero) is 1. The maximum Gasteiger partial charge on any atom is 0.339 e. The minimum atomic E-state index is -1.88. The maximum atomic E-state index is 12.5. The molecule has 0 bridgehead atoms. The number of fused-ring (bicyclic) bond motifs is 1. The molecule has 0 aromatic rings. The van der Waals surface area contributed by atoms with Crippen LogP contribution in [0, 0.1) is 11.3 Å². The SMILES string of the molecule is CC(Cl)C(C)(O)C(=O)O[C@@H]1CC[C@]2(C)CC(=O)C(C(C)(C)O)=C[C@H]2[C@]1(C)O. The van der Waals surface area contributed by atoms with Gasteiger partial charge in [-0.05, 0) is 52.9 Å². The van der Waals surface area contributed by atoms with Crippen LogP contribution in [0.2, 0.25) is 0 Å². The average molecular weight is 403 g/mol. The third-order valence-electron chi connectivity index (χ3n) is 6.30. The summed E-state index contributed by atoms with van der Waals surface area (Å²) in [5.41, 5.74) is -4.91. The van der Waals surface area contributed by atoms with Gasteiger partial charge in [-0.3, -0.25) is 4.79 Å². The van der Waals surface area contributed by atoms with Crippen molar-refractivity contribution in [1.29, 1.82) is 0 Å². The van der Waals surface area contributed by atoms with Crippen molar-refractivity contribution in [2.45, 2.75) is 89.1 Å². The Hall–Kier alpha value is -0.950. The third kappa shape index (κ3) is 3.95. The summed E-state index contributed by atoms with van der Waals surface area (Å²) >= 11 is 5.88. The normalized spacial score (nSPS) is 37.7. The summed E-state index contributed by atoms with van der Waals surface area (Å²) in [5, 5.41) is 31.0. The Labute approximate surface area is 165 Å². The minimum absolute atomic E-state index is 0.133. The van der Waals surface area contributed by atoms with Crippen molar-refractivity contribution in [2.75, 3.05) is 0 Å². The fourth-order valence-electron chi connectivity index (χ4n) is 4.24. The molecule has 2 aliphatic rings. The van der Waals surface area contributed by atoms with Crippen LogP contribution in [0.3, 0.4) is 0 Å². The number of rotatable bonds is 4. The highest BCUT2D eigenvalue weighted by molar-refractivity contribution is 6.22. The number of hydrogen-bond acceptors (Lipinski definition) is 6. The van der Waals surface area contributed by atoms with E-state index in [-0.39, 0.29) is 17.8 Å². The summed E-state index contributed by atoms with van der Waals surface area (Å²) < 4.78 is 5.47. The number of carbonyl (C=O) groups excluding carboxylic acids is 2. The van der Waals surface area contributed by atoms with Crippen molar-refractivity contribution < 1.29 is 29.6 Å². The second-order valence-electron chi connectivity index (χ2n) is 9.29. The highest BCUT2D eigenvalue weighted by Crippen LogP contribution is 2.54. The number of ether oxygens (including phenoxy) is 1. The zero-order chi connectivity index (χ0) is 21.0. The largest absolute Gasteiger partial charge is 0.457 e. The third-order valence-corrected chi connectivity index (χ3v) is 6.73. The molecule has 3 N–H and O–H groups in total. The van der Waals surface area contributed by atoms with Crippen LogP contribution in [0.5, 0.6) is 0 Å². The fraction of sp³-hybridized carbons (Fsp3) is 0.800. The number of ketones is 1. The van der Waals surface area contributed by atoms with Gasteiger partial charge in [0, 0.05) is 17.9 Å². The molecule has 0 aliphatic heterocycles. The van der Waals surface area contributed by atoms with Crippen LogP contribution < -0.4 is 0 Å². The highest BCUT2D eigenvalue weighted by Gasteiger charge is 2.57. The van der Waals surface area contributed by atoms with E-state index in [0.717, 1.165) is 0 Å². The zero-order valence-corrected chi connectivity index (χ0v) is 17.6. The first-order chi connectivity index (χ1) is 12.0. The predicted octanol–water partition coefficient (Wildman–Crippen LogP) is 2.11. The Morgan fingerprint density at radius 1 is 1.33 bits per heavy atom. The molecule has 7 heteroatoms. The lowest BCUT2D eigenvalue weighted by molar-refractivity contribution is -0.203. The topological polar surface area (TPSA) is 104 Å². The quantitative estimate of drug-likeness (QED) is 0.491. The van der Waals surface area contributed by atoms with Gasteiger partial charge >= 0.3 is 5.97 Å². The van der Waals surface area contributed by atoms with Crippen LogP contribution in [0.25, 0.3) is 0 Å². The molecule has 0 aromatic carbocycles. The van der Waals surface area contributed by atoms with Crippen molar-refractivity contribution in [1.82, 2.24) is 0 Å². The Bertz CT molecular complexity index is 658. The van der Waals surface area contributed by atoms with Gasteiger partial charge in [-0.2, -0.15) is 0 Å². The average Bonchev–Trinajstić information content (AvgIpc) is 2.47. The van der Waals surface area contributed by atoms with Crippen molar-refractivity contribution in [3.05, 3.63) is 11.6 Å². The predicted molar refractivity (Wildman–Crippen MR) is 101 cm³/mol. The van der Waals surface area contributed by atoms with E-state index in [1.165, 1.54) is 27.7 Å². The Morgan fingerprint density at radius 2 is 1.89 bits per heavy atom. The standard InChI is InChI=1S/C20H31ClO6/c1-11(21)19(5,25)16(23)27-15-7-8-18(4)10-13(22)12(17(2,3)24)9-14(18)20(15,6)26/h9,11,14-15,24-26H,7-8,10H2,1-6H3/t11?,14-,15-,18-,19?,20+/m1/s1. The van der Waals surface area contributed by atoms with Crippen LogP contribution >= 0.6 is 11.6 Å². The molecule has 0 saturated heterocycles. The van der Waals surface area contributed by atoms with E-state index < -0.39 is 45.6 Å². The van der Waals surface area contributed by atoms with E-state index >= 15 is 0 Å². The molecule has 1 fully saturated rings. The first kappa shape index (κ1) is 22.3. The fourth-order valence-corrected chi connectivity index (χ4v) is 4.33. The van der Waals surface area contributed by atoms with Gasteiger partial charge in [0.1, 0.15) is 11.7 Å². The maximum absolute atomic E-state index is 12.5. The van der Waals surface area contributed by atoms with E-state index in [4.69, 9.17) is 16.3 Å². The lowest BCUT2D eigenvalue weighted by atomic mass is 9.54. The lowest BCUT2D eigenvalue weighted by Crippen LogP contribution is -2.60. The second kappa shape index (κ2) is 6.83. The second-order valence-corrected chi connectivity index (χ2v) is 9.95. The Balaban J connectivity index is 2.37. The van der Waals surface area contributed by atoms with Gasteiger partial charge in [0.15, 0.2) is 11.4 Å². The molecular formula is C20H31ClO6. The molecule has 2 aliphatic carbocycles.